The van der Waals surface area contributed by atoms with E-state index in [1.807, 2.05) is 18.4 Å². The minimum atomic E-state index is 0.632. The van der Waals surface area contributed by atoms with Crippen molar-refractivity contribution in [3.05, 3.63) is 41.8 Å². The van der Waals surface area contributed by atoms with Crippen LogP contribution in [-0.2, 0) is 6.54 Å². The largest absolute Gasteiger partial charge is 0.444 e. The van der Waals surface area contributed by atoms with Crippen molar-refractivity contribution in [3.63, 3.8) is 0 Å². The molecule has 2 heterocycles. The third-order valence-electron chi connectivity index (χ3n) is 4.65. The Labute approximate surface area is 127 Å². The molecule has 1 aromatic heterocycles. The maximum atomic E-state index is 5.71. The van der Waals surface area contributed by atoms with E-state index in [1.165, 1.54) is 24.8 Å². The topological polar surface area (TPSA) is 29.3 Å². The number of piperidine rings is 1. The molecule has 0 unspecified atom stereocenters. The molecule has 112 valence electrons. The van der Waals surface area contributed by atoms with E-state index in [-0.39, 0.29) is 0 Å². The fraction of sp³-hybridized carbons (Fsp3) is 0.500. The van der Waals surface area contributed by atoms with Crippen LogP contribution in [0.2, 0.25) is 0 Å². The molecular formula is C18H24N2O. The summed E-state index contributed by atoms with van der Waals surface area (Å²) < 4.78 is 5.71. The van der Waals surface area contributed by atoms with Gasteiger partial charge in [-0.1, -0.05) is 24.6 Å². The molecule has 0 N–H and O–H groups in total. The highest BCUT2D eigenvalue weighted by Crippen LogP contribution is 2.26. The molecule has 3 rings (SSSR count). The van der Waals surface area contributed by atoms with Crippen molar-refractivity contribution >= 4 is 0 Å². The average molecular weight is 284 g/mol. The molecule has 1 aliphatic rings. The zero-order chi connectivity index (χ0) is 14.8. The van der Waals surface area contributed by atoms with Crippen molar-refractivity contribution in [1.82, 2.24) is 9.88 Å². The Morgan fingerprint density at radius 1 is 1.19 bits per heavy atom. The van der Waals surface area contributed by atoms with Gasteiger partial charge in [-0.25, -0.2) is 4.98 Å². The summed E-state index contributed by atoms with van der Waals surface area (Å²) in [6, 6.07) is 9.49. The van der Waals surface area contributed by atoms with Crippen LogP contribution < -0.4 is 0 Å². The van der Waals surface area contributed by atoms with Crippen molar-refractivity contribution in [1.29, 1.82) is 0 Å². The van der Waals surface area contributed by atoms with Crippen molar-refractivity contribution < 1.29 is 4.42 Å². The molecule has 0 bridgehead atoms. The molecule has 1 aromatic carbocycles. The smallest absolute Gasteiger partial charge is 0.226 e. The molecule has 0 radical (unpaired) electrons. The lowest BCUT2D eigenvalue weighted by Gasteiger charge is -2.38. The Hall–Kier alpha value is -1.61. The molecule has 1 saturated heterocycles. The molecule has 21 heavy (non-hydrogen) atoms. The molecule has 2 aromatic rings. The predicted octanol–water partition coefficient (Wildman–Crippen LogP) is 4.41. The second-order valence-corrected chi connectivity index (χ2v) is 6.26. The number of rotatable bonds is 3. The van der Waals surface area contributed by atoms with Crippen LogP contribution >= 0.6 is 0 Å². The molecular weight excluding hydrogens is 260 g/mol. The summed E-state index contributed by atoms with van der Waals surface area (Å²) in [5.41, 5.74) is 3.32. The fourth-order valence-electron chi connectivity index (χ4n) is 3.29. The van der Waals surface area contributed by atoms with Gasteiger partial charge in [0.05, 0.1) is 5.69 Å². The number of aryl methyl sites for hydroxylation is 1. The van der Waals surface area contributed by atoms with Gasteiger partial charge in [-0.05, 0) is 45.2 Å². The summed E-state index contributed by atoms with van der Waals surface area (Å²) in [6.07, 6.45) is 5.72. The molecule has 0 spiro atoms. The maximum absolute atomic E-state index is 5.71. The standard InChI is InChI=1S/C18H24N2O/c1-13-7-4-5-10-17(13)18-19-16(12-21-18)11-20-14(2)8-6-9-15(20)3/h4-5,7,10,12,14-15H,6,8-9,11H2,1-3H3/t14-,15+. The van der Waals surface area contributed by atoms with E-state index in [2.05, 4.69) is 37.8 Å². The van der Waals surface area contributed by atoms with Gasteiger partial charge in [0.2, 0.25) is 5.89 Å². The Bertz CT molecular complexity index is 595. The van der Waals surface area contributed by atoms with Gasteiger partial charge >= 0.3 is 0 Å². The third-order valence-corrected chi connectivity index (χ3v) is 4.65. The number of hydrogen-bond acceptors (Lipinski definition) is 3. The van der Waals surface area contributed by atoms with Crippen molar-refractivity contribution in [2.75, 3.05) is 0 Å². The first-order chi connectivity index (χ1) is 10.1. The van der Waals surface area contributed by atoms with Gasteiger partial charge in [0, 0.05) is 24.2 Å². The van der Waals surface area contributed by atoms with Gasteiger partial charge in [0.15, 0.2) is 0 Å². The zero-order valence-corrected chi connectivity index (χ0v) is 13.2. The summed E-state index contributed by atoms with van der Waals surface area (Å²) in [4.78, 5) is 7.24. The Morgan fingerprint density at radius 2 is 1.90 bits per heavy atom. The van der Waals surface area contributed by atoms with E-state index in [4.69, 9.17) is 9.40 Å². The fourth-order valence-corrected chi connectivity index (χ4v) is 3.29. The highest BCUT2D eigenvalue weighted by Gasteiger charge is 2.25. The quantitative estimate of drug-likeness (QED) is 0.836. The number of oxazole rings is 1. The number of aromatic nitrogens is 1. The van der Waals surface area contributed by atoms with Crippen LogP contribution in [-0.4, -0.2) is 22.0 Å². The number of likely N-dealkylation sites (tertiary alicyclic amines) is 1. The van der Waals surface area contributed by atoms with E-state index in [0.29, 0.717) is 12.1 Å². The monoisotopic (exact) mass is 284 g/mol. The Kier molecular flexibility index (Phi) is 4.11. The van der Waals surface area contributed by atoms with Gasteiger partial charge in [-0.3, -0.25) is 4.90 Å². The molecule has 3 nitrogen and oxygen atoms in total. The van der Waals surface area contributed by atoms with Gasteiger partial charge in [-0.2, -0.15) is 0 Å². The molecule has 0 amide bonds. The van der Waals surface area contributed by atoms with Crippen LogP contribution in [0.4, 0.5) is 0 Å². The van der Waals surface area contributed by atoms with Crippen LogP contribution in [0.25, 0.3) is 11.5 Å². The maximum Gasteiger partial charge on any atom is 0.226 e. The predicted molar refractivity (Wildman–Crippen MR) is 85.0 cm³/mol. The van der Waals surface area contributed by atoms with Crippen LogP contribution in [0.5, 0.6) is 0 Å². The first kappa shape index (κ1) is 14.3. The minimum absolute atomic E-state index is 0.632. The van der Waals surface area contributed by atoms with Gasteiger partial charge in [0.25, 0.3) is 0 Å². The lowest BCUT2D eigenvalue weighted by molar-refractivity contribution is 0.0938. The zero-order valence-electron chi connectivity index (χ0n) is 13.2. The lowest BCUT2D eigenvalue weighted by atomic mass is 9.97. The van der Waals surface area contributed by atoms with Crippen molar-refractivity contribution in [2.24, 2.45) is 0 Å². The van der Waals surface area contributed by atoms with Gasteiger partial charge in [-0.15, -0.1) is 0 Å². The number of nitrogens with zero attached hydrogens (tertiary/aromatic N) is 2. The summed E-state index contributed by atoms with van der Waals surface area (Å²) in [7, 11) is 0. The SMILES string of the molecule is Cc1ccccc1-c1nc(CN2[C@H](C)CCC[C@@H]2C)co1. The van der Waals surface area contributed by atoms with E-state index in [1.54, 1.807) is 0 Å². The van der Waals surface area contributed by atoms with Crippen molar-refractivity contribution in [3.8, 4) is 11.5 Å². The molecule has 3 heteroatoms. The average Bonchev–Trinajstić information content (AvgIpc) is 2.92. The van der Waals surface area contributed by atoms with Crippen LogP contribution in [0.15, 0.2) is 34.9 Å². The van der Waals surface area contributed by atoms with Crippen LogP contribution in [0, 0.1) is 6.92 Å². The van der Waals surface area contributed by atoms with E-state index in [9.17, 15) is 0 Å². The summed E-state index contributed by atoms with van der Waals surface area (Å²) in [5, 5.41) is 0. The van der Waals surface area contributed by atoms with E-state index < -0.39 is 0 Å². The molecule has 0 saturated carbocycles. The molecule has 0 aliphatic carbocycles. The molecule has 2 atom stereocenters. The summed E-state index contributed by atoms with van der Waals surface area (Å²) in [6.45, 7) is 7.61. The first-order valence-corrected chi connectivity index (χ1v) is 7.91. The van der Waals surface area contributed by atoms with Crippen molar-refractivity contribution in [2.45, 2.75) is 58.7 Å². The van der Waals surface area contributed by atoms with Crippen LogP contribution in [0.3, 0.4) is 0 Å². The number of hydrogen-bond donors (Lipinski definition) is 0. The minimum Gasteiger partial charge on any atom is -0.444 e. The molecule has 1 fully saturated rings. The van der Waals surface area contributed by atoms with E-state index >= 15 is 0 Å². The second kappa shape index (κ2) is 6.02. The molecule has 1 aliphatic heterocycles. The van der Waals surface area contributed by atoms with Gasteiger partial charge < -0.3 is 4.42 Å². The Morgan fingerprint density at radius 3 is 2.62 bits per heavy atom. The van der Waals surface area contributed by atoms with E-state index in [0.717, 1.165) is 23.7 Å². The summed E-state index contributed by atoms with van der Waals surface area (Å²) in [5.74, 6) is 0.736. The summed E-state index contributed by atoms with van der Waals surface area (Å²) >= 11 is 0. The van der Waals surface area contributed by atoms with Gasteiger partial charge in [0.1, 0.15) is 6.26 Å². The first-order valence-electron chi connectivity index (χ1n) is 7.91. The Balaban J connectivity index is 1.78. The van der Waals surface area contributed by atoms with Crippen LogP contribution in [0.1, 0.15) is 44.4 Å². The highest BCUT2D eigenvalue weighted by molar-refractivity contribution is 5.58. The lowest BCUT2D eigenvalue weighted by Crippen LogP contribution is -2.43. The normalized spacial score (nSPS) is 23.4. The number of benzene rings is 1. The second-order valence-electron chi connectivity index (χ2n) is 6.26. The highest BCUT2D eigenvalue weighted by atomic mass is 16.3. The third kappa shape index (κ3) is 3.03.